The van der Waals surface area contributed by atoms with Gasteiger partial charge in [0.25, 0.3) is 5.91 Å². The van der Waals surface area contributed by atoms with Gasteiger partial charge in [-0.2, -0.15) is 0 Å². The summed E-state index contributed by atoms with van der Waals surface area (Å²) in [5.41, 5.74) is 6.26. The summed E-state index contributed by atoms with van der Waals surface area (Å²) in [4.78, 5) is 21.3. The third kappa shape index (κ3) is 6.49. The highest BCUT2D eigenvalue weighted by molar-refractivity contribution is 6.32. The minimum atomic E-state index is -0.747. The molecule has 0 radical (unpaired) electrons. The van der Waals surface area contributed by atoms with Crippen molar-refractivity contribution >= 4 is 46.4 Å². The summed E-state index contributed by atoms with van der Waals surface area (Å²) in [5, 5.41) is 11.9. The molecule has 0 fully saturated rings. The first kappa shape index (κ1) is 25.1. The lowest BCUT2D eigenvalue weighted by molar-refractivity contribution is 0.0946. The fraction of sp³-hybridized carbons (Fsp3) is 0.238. The molecule has 33 heavy (non-hydrogen) atoms. The zero-order valence-electron chi connectivity index (χ0n) is 17.5. The number of likely N-dealkylation sites (N-methyl/N-ethyl adjacent to an activating group) is 1. The number of nitrogens with zero attached hydrogens (tertiary/aromatic N) is 2. The number of carbonyl (C=O) groups is 1. The predicted molar refractivity (Wildman–Crippen MR) is 126 cm³/mol. The van der Waals surface area contributed by atoms with Crippen molar-refractivity contribution in [3.05, 3.63) is 68.4 Å². The third-order valence-electron chi connectivity index (χ3n) is 4.52. The number of aromatic amines is 1. The van der Waals surface area contributed by atoms with E-state index in [1.807, 2.05) is 0 Å². The molecule has 0 saturated heterocycles. The van der Waals surface area contributed by atoms with Crippen LogP contribution in [0.1, 0.15) is 21.9 Å². The molecule has 0 saturated carbocycles. The van der Waals surface area contributed by atoms with Crippen molar-refractivity contribution in [3.63, 3.8) is 0 Å². The first-order valence-electron chi connectivity index (χ1n) is 9.70. The number of H-pyrrole nitrogens is 1. The Balaban J connectivity index is 1.72. The topological polar surface area (TPSA) is 116 Å². The first-order chi connectivity index (χ1) is 15.7. The van der Waals surface area contributed by atoms with Gasteiger partial charge in [-0.3, -0.25) is 9.69 Å². The van der Waals surface area contributed by atoms with Gasteiger partial charge in [-0.05, 0) is 25.2 Å². The molecule has 0 aliphatic rings. The van der Waals surface area contributed by atoms with Gasteiger partial charge in [0.05, 0.1) is 18.2 Å². The zero-order valence-corrected chi connectivity index (χ0v) is 19.7. The molecule has 5 N–H and O–H groups in total. The number of amides is 1. The molecule has 0 aliphatic heterocycles. The summed E-state index contributed by atoms with van der Waals surface area (Å²) in [7, 11) is 1.78. The molecule has 176 valence electrons. The Morgan fingerprint density at radius 2 is 2.06 bits per heavy atom. The number of hydrogen-bond donors (Lipinski definition) is 4. The van der Waals surface area contributed by atoms with Crippen LogP contribution in [0.4, 0.5) is 10.1 Å². The van der Waals surface area contributed by atoms with Crippen molar-refractivity contribution in [1.29, 1.82) is 0 Å². The van der Waals surface area contributed by atoms with Crippen molar-refractivity contribution < 1.29 is 19.0 Å². The van der Waals surface area contributed by atoms with Gasteiger partial charge in [0.15, 0.2) is 16.7 Å². The monoisotopic (exact) mass is 515 g/mol. The van der Waals surface area contributed by atoms with Gasteiger partial charge in [0.1, 0.15) is 17.3 Å². The van der Waals surface area contributed by atoms with Crippen LogP contribution in [0.2, 0.25) is 15.2 Å². The van der Waals surface area contributed by atoms with E-state index in [-0.39, 0.29) is 46.1 Å². The highest BCUT2D eigenvalue weighted by Crippen LogP contribution is 2.35. The van der Waals surface area contributed by atoms with Crippen LogP contribution in [0.3, 0.4) is 0 Å². The molecular weight excluding hydrogens is 496 g/mol. The molecule has 3 aromatic rings. The fourth-order valence-corrected chi connectivity index (χ4v) is 3.61. The maximum Gasteiger partial charge on any atom is 0.271 e. The Kier molecular flexibility index (Phi) is 8.39. The lowest BCUT2D eigenvalue weighted by Crippen LogP contribution is -2.24. The van der Waals surface area contributed by atoms with Crippen molar-refractivity contribution in [1.82, 2.24) is 20.2 Å². The molecule has 0 aliphatic carbocycles. The van der Waals surface area contributed by atoms with E-state index in [9.17, 15) is 4.79 Å². The van der Waals surface area contributed by atoms with Crippen LogP contribution < -0.4 is 15.8 Å². The number of imidazole rings is 1. The normalized spacial score (nSPS) is 11.1. The van der Waals surface area contributed by atoms with Crippen LogP contribution in [0, 0.1) is 5.82 Å². The number of aliphatic hydroxyl groups excluding tert-OH is 1. The van der Waals surface area contributed by atoms with Crippen LogP contribution in [0.25, 0.3) is 0 Å². The van der Waals surface area contributed by atoms with E-state index in [0.717, 1.165) is 0 Å². The molecule has 0 bridgehead atoms. The largest absolute Gasteiger partial charge is 0.453 e. The molecule has 1 amide bonds. The summed E-state index contributed by atoms with van der Waals surface area (Å²) < 4.78 is 20.6. The minimum Gasteiger partial charge on any atom is -0.453 e. The summed E-state index contributed by atoms with van der Waals surface area (Å²) in [6, 6.07) is 7.35. The fourth-order valence-electron chi connectivity index (χ4n) is 2.96. The highest BCUT2D eigenvalue weighted by atomic mass is 35.5. The minimum absolute atomic E-state index is 0.0126. The number of hydrogen-bond acceptors (Lipinski definition) is 6. The standard InChI is InChI=1S/C21H21Cl3FN5O3/c1-30(4-5-31)10-16-28-18(20(24)29-16)21(32)27-9-11-2-3-15(23)19(17(11)25)33-14-7-12(22)6-13(26)8-14/h2-3,6-8,31H,4-5,9-10,26H2,1H3,(H,27,32)(H,28,29). The lowest BCUT2D eigenvalue weighted by atomic mass is 10.2. The molecule has 0 spiro atoms. The smallest absolute Gasteiger partial charge is 0.271 e. The zero-order chi connectivity index (χ0) is 24.1. The van der Waals surface area contributed by atoms with Gasteiger partial charge in [0.2, 0.25) is 0 Å². The molecular formula is C21H21Cl3FN5O3. The number of nitrogens with one attached hydrogen (secondary N) is 2. The number of nitrogens with two attached hydrogens (primary N) is 1. The summed E-state index contributed by atoms with van der Waals surface area (Å²) in [5.74, 6) is -0.870. The first-order valence-corrected chi connectivity index (χ1v) is 10.8. The van der Waals surface area contributed by atoms with Gasteiger partial charge < -0.3 is 25.9 Å². The Labute approximate surface area is 204 Å². The van der Waals surface area contributed by atoms with E-state index >= 15 is 4.39 Å². The lowest BCUT2D eigenvalue weighted by Gasteiger charge is -2.13. The van der Waals surface area contributed by atoms with Crippen LogP contribution in [-0.4, -0.2) is 46.1 Å². The maximum atomic E-state index is 15.1. The molecule has 2 aromatic carbocycles. The number of aliphatic hydroxyl groups is 1. The van der Waals surface area contributed by atoms with Gasteiger partial charge >= 0.3 is 0 Å². The van der Waals surface area contributed by atoms with Gasteiger partial charge in [-0.15, -0.1) is 0 Å². The Hall–Kier alpha value is -2.56. The molecule has 3 rings (SSSR count). The van der Waals surface area contributed by atoms with Gasteiger partial charge in [0, 0.05) is 35.4 Å². The number of halogens is 4. The SMILES string of the molecule is CN(CCO)Cc1nc(Cl)c(C(=O)NCc2ccc(Cl)c(Oc3cc(N)cc(Cl)c3)c2F)[nH]1. The van der Waals surface area contributed by atoms with E-state index in [1.54, 1.807) is 11.9 Å². The van der Waals surface area contributed by atoms with Crippen LogP contribution >= 0.6 is 34.8 Å². The number of anilines is 1. The van der Waals surface area contributed by atoms with E-state index < -0.39 is 11.7 Å². The second-order valence-electron chi connectivity index (χ2n) is 7.17. The van der Waals surface area contributed by atoms with Crippen LogP contribution in [0.15, 0.2) is 30.3 Å². The number of aromatic nitrogens is 2. The number of benzene rings is 2. The Bertz CT molecular complexity index is 1140. The van der Waals surface area contributed by atoms with E-state index in [4.69, 9.17) is 50.4 Å². The van der Waals surface area contributed by atoms with E-state index in [0.29, 0.717) is 29.6 Å². The van der Waals surface area contributed by atoms with Crippen molar-refractivity contribution in [2.24, 2.45) is 0 Å². The van der Waals surface area contributed by atoms with Gasteiger partial charge in [-0.1, -0.05) is 40.9 Å². The Morgan fingerprint density at radius 1 is 1.30 bits per heavy atom. The van der Waals surface area contributed by atoms with Gasteiger partial charge in [-0.25, -0.2) is 9.37 Å². The number of ether oxygens (including phenoxy) is 1. The molecule has 0 atom stereocenters. The van der Waals surface area contributed by atoms with Crippen LogP contribution in [0.5, 0.6) is 11.5 Å². The van der Waals surface area contributed by atoms with Crippen LogP contribution in [-0.2, 0) is 13.1 Å². The number of rotatable bonds is 9. The quantitative estimate of drug-likeness (QED) is 0.316. The predicted octanol–water partition coefficient (Wildman–Crippen LogP) is 4.24. The second kappa shape index (κ2) is 11.0. The molecule has 8 nitrogen and oxygen atoms in total. The molecule has 1 heterocycles. The summed E-state index contributed by atoms with van der Waals surface area (Å²) in [6.07, 6.45) is 0. The molecule has 0 unspecified atom stereocenters. The Morgan fingerprint density at radius 3 is 2.76 bits per heavy atom. The summed E-state index contributed by atoms with van der Waals surface area (Å²) >= 11 is 18.1. The second-order valence-corrected chi connectivity index (χ2v) is 8.37. The highest BCUT2D eigenvalue weighted by Gasteiger charge is 2.19. The van der Waals surface area contributed by atoms with E-state index in [2.05, 4.69) is 15.3 Å². The number of carbonyl (C=O) groups excluding carboxylic acids is 1. The molecule has 12 heteroatoms. The third-order valence-corrected chi connectivity index (χ3v) is 5.31. The average Bonchev–Trinajstić information content (AvgIpc) is 3.09. The average molecular weight is 517 g/mol. The van der Waals surface area contributed by atoms with E-state index in [1.165, 1.54) is 30.3 Å². The maximum absolute atomic E-state index is 15.1. The van der Waals surface area contributed by atoms with Crippen molar-refractivity contribution in [3.8, 4) is 11.5 Å². The van der Waals surface area contributed by atoms with Crippen molar-refractivity contribution in [2.75, 3.05) is 25.9 Å². The molecule has 1 aromatic heterocycles. The van der Waals surface area contributed by atoms with Crippen molar-refractivity contribution in [2.45, 2.75) is 13.1 Å². The summed E-state index contributed by atoms with van der Waals surface area (Å²) in [6.45, 7) is 0.613. The number of nitrogen functional groups attached to an aromatic ring is 1.